The molecule has 21 heavy (non-hydrogen) atoms. The fraction of sp³-hybridized carbons (Fsp3) is 0.133. The molecule has 0 saturated heterocycles. The molecule has 0 saturated carbocycles. The molecule has 6 heteroatoms. The number of nitrogens with zero attached hydrogens (tertiary/aromatic N) is 1. The maximum Gasteiger partial charge on any atom is 0.354 e. The van der Waals surface area contributed by atoms with E-state index in [0.717, 1.165) is 5.56 Å². The quantitative estimate of drug-likeness (QED) is 0.900. The SMILES string of the molecule is COc1cc(C(=O)Nc2cccc(C(=O)O)n2)ccc1C. The second kappa shape index (κ2) is 6.04. The number of carboxylic acids is 1. The molecular weight excluding hydrogens is 272 g/mol. The van der Waals surface area contributed by atoms with Crippen LogP contribution < -0.4 is 10.1 Å². The molecule has 1 amide bonds. The number of aryl methyl sites for hydroxylation is 1. The van der Waals surface area contributed by atoms with Gasteiger partial charge in [0, 0.05) is 5.56 Å². The first-order valence-corrected chi connectivity index (χ1v) is 6.17. The number of aromatic nitrogens is 1. The number of nitrogens with one attached hydrogen (secondary N) is 1. The van der Waals surface area contributed by atoms with E-state index in [1.807, 2.05) is 6.92 Å². The Balaban J connectivity index is 2.22. The van der Waals surface area contributed by atoms with Crippen molar-refractivity contribution in [3.63, 3.8) is 0 Å². The molecule has 1 aromatic heterocycles. The molecule has 0 fully saturated rings. The van der Waals surface area contributed by atoms with Gasteiger partial charge >= 0.3 is 5.97 Å². The first-order valence-electron chi connectivity index (χ1n) is 6.17. The first kappa shape index (κ1) is 14.5. The molecule has 0 bridgehead atoms. The number of carbonyl (C=O) groups excluding carboxylic acids is 1. The monoisotopic (exact) mass is 286 g/mol. The van der Waals surface area contributed by atoms with Crippen LogP contribution in [0.2, 0.25) is 0 Å². The fourth-order valence-electron chi connectivity index (χ4n) is 1.77. The number of benzene rings is 1. The highest BCUT2D eigenvalue weighted by atomic mass is 16.5. The number of carbonyl (C=O) groups is 2. The topological polar surface area (TPSA) is 88.5 Å². The molecule has 0 atom stereocenters. The Morgan fingerprint density at radius 2 is 2.00 bits per heavy atom. The normalized spacial score (nSPS) is 10.0. The van der Waals surface area contributed by atoms with Crippen molar-refractivity contribution in [2.75, 3.05) is 12.4 Å². The van der Waals surface area contributed by atoms with Gasteiger partial charge in [-0.2, -0.15) is 0 Å². The number of hydrogen-bond donors (Lipinski definition) is 2. The lowest BCUT2D eigenvalue weighted by molar-refractivity contribution is 0.0690. The van der Waals surface area contributed by atoms with Gasteiger partial charge < -0.3 is 15.2 Å². The van der Waals surface area contributed by atoms with Gasteiger partial charge in [0.2, 0.25) is 0 Å². The van der Waals surface area contributed by atoms with Crippen molar-refractivity contribution in [2.24, 2.45) is 0 Å². The molecule has 0 radical (unpaired) electrons. The summed E-state index contributed by atoms with van der Waals surface area (Å²) in [5, 5.41) is 11.4. The van der Waals surface area contributed by atoms with Gasteiger partial charge in [-0.3, -0.25) is 4.79 Å². The average Bonchev–Trinajstić information content (AvgIpc) is 2.47. The van der Waals surface area contributed by atoms with Crippen LogP contribution in [0.15, 0.2) is 36.4 Å². The second-order valence-corrected chi connectivity index (χ2v) is 4.35. The van der Waals surface area contributed by atoms with E-state index in [2.05, 4.69) is 10.3 Å². The van der Waals surface area contributed by atoms with Crippen LogP contribution in [-0.4, -0.2) is 29.1 Å². The van der Waals surface area contributed by atoms with Gasteiger partial charge in [-0.05, 0) is 36.8 Å². The van der Waals surface area contributed by atoms with Gasteiger partial charge in [0.05, 0.1) is 7.11 Å². The summed E-state index contributed by atoms with van der Waals surface area (Å²) >= 11 is 0. The summed E-state index contributed by atoms with van der Waals surface area (Å²) in [5.74, 6) is -0.749. The van der Waals surface area contributed by atoms with E-state index in [4.69, 9.17) is 9.84 Å². The standard InChI is InChI=1S/C15H14N2O4/c1-9-6-7-10(8-12(9)21-2)14(18)17-13-5-3-4-11(16-13)15(19)20/h3-8H,1-2H3,(H,19,20)(H,16,17,18). The molecule has 2 rings (SSSR count). The van der Waals surface area contributed by atoms with Crippen LogP contribution >= 0.6 is 0 Å². The predicted octanol–water partition coefficient (Wildman–Crippen LogP) is 2.35. The highest BCUT2D eigenvalue weighted by Crippen LogP contribution is 2.19. The summed E-state index contributed by atoms with van der Waals surface area (Å²) in [7, 11) is 1.53. The molecule has 1 heterocycles. The van der Waals surface area contributed by atoms with Crippen LogP contribution in [0.4, 0.5) is 5.82 Å². The van der Waals surface area contributed by atoms with E-state index >= 15 is 0 Å². The van der Waals surface area contributed by atoms with E-state index in [0.29, 0.717) is 11.3 Å². The third kappa shape index (κ3) is 3.36. The van der Waals surface area contributed by atoms with Crippen LogP contribution in [0, 0.1) is 6.92 Å². The third-order valence-corrected chi connectivity index (χ3v) is 2.88. The summed E-state index contributed by atoms with van der Waals surface area (Å²) in [6.45, 7) is 1.87. The molecule has 6 nitrogen and oxygen atoms in total. The number of carboxylic acid groups (broad SMARTS) is 1. The number of aromatic carboxylic acids is 1. The molecule has 0 aliphatic rings. The molecule has 0 spiro atoms. The maximum absolute atomic E-state index is 12.1. The minimum Gasteiger partial charge on any atom is -0.496 e. The van der Waals surface area contributed by atoms with E-state index < -0.39 is 5.97 Å². The van der Waals surface area contributed by atoms with Gasteiger partial charge in [-0.25, -0.2) is 9.78 Å². The fourth-order valence-corrected chi connectivity index (χ4v) is 1.77. The van der Waals surface area contributed by atoms with Crippen molar-refractivity contribution in [1.29, 1.82) is 0 Å². The van der Waals surface area contributed by atoms with Crippen molar-refractivity contribution in [2.45, 2.75) is 6.92 Å². The lowest BCUT2D eigenvalue weighted by Crippen LogP contribution is -2.14. The lowest BCUT2D eigenvalue weighted by atomic mass is 10.1. The van der Waals surface area contributed by atoms with Gasteiger partial charge in [-0.15, -0.1) is 0 Å². The van der Waals surface area contributed by atoms with Crippen molar-refractivity contribution >= 4 is 17.7 Å². The second-order valence-electron chi connectivity index (χ2n) is 4.35. The highest BCUT2D eigenvalue weighted by molar-refractivity contribution is 6.04. The van der Waals surface area contributed by atoms with Crippen LogP contribution in [0.5, 0.6) is 5.75 Å². The van der Waals surface area contributed by atoms with E-state index in [1.165, 1.54) is 25.3 Å². The summed E-state index contributed by atoms with van der Waals surface area (Å²) in [4.78, 5) is 26.8. The zero-order valence-corrected chi connectivity index (χ0v) is 11.6. The first-order chi connectivity index (χ1) is 10.0. The van der Waals surface area contributed by atoms with Crippen molar-refractivity contribution in [3.05, 3.63) is 53.2 Å². The number of hydrogen-bond acceptors (Lipinski definition) is 4. The van der Waals surface area contributed by atoms with Gasteiger partial charge in [-0.1, -0.05) is 12.1 Å². The third-order valence-electron chi connectivity index (χ3n) is 2.88. The van der Waals surface area contributed by atoms with E-state index in [1.54, 1.807) is 18.2 Å². The molecule has 0 aliphatic heterocycles. The Hall–Kier alpha value is -2.89. The summed E-state index contributed by atoms with van der Waals surface area (Å²) < 4.78 is 5.16. The van der Waals surface area contributed by atoms with Crippen LogP contribution in [0.3, 0.4) is 0 Å². The predicted molar refractivity (Wildman–Crippen MR) is 76.9 cm³/mol. The summed E-state index contributed by atoms with van der Waals surface area (Å²) in [5.41, 5.74) is 1.19. The van der Waals surface area contributed by atoms with Crippen molar-refractivity contribution < 1.29 is 19.4 Å². The molecule has 0 unspecified atom stereocenters. The Kier molecular flexibility index (Phi) is 4.18. The zero-order chi connectivity index (χ0) is 15.4. The highest BCUT2D eigenvalue weighted by Gasteiger charge is 2.11. The summed E-state index contributed by atoms with van der Waals surface area (Å²) in [6.07, 6.45) is 0. The van der Waals surface area contributed by atoms with Crippen LogP contribution in [-0.2, 0) is 0 Å². The maximum atomic E-state index is 12.1. The number of amides is 1. The number of methoxy groups -OCH3 is 1. The van der Waals surface area contributed by atoms with Gasteiger partial charge in [0.1, 0.15) is 11.6 Å². The molecule has 2 N–H and O–H groups in total. The number of anilines is 1. The van der Waals surface area contributed by atoms with Gasteiger partial charge in [0.15, 0.2) is 5.69 Å². The van der Waals surface area contributed by atoms with E-state index in [-0.39, 0.29) is 17.4 Å². The molecule has 0 aliphatic carbocycles. The van der Waals surface area contributed by atoms with Crippen molar-refractivity contribution in [3.8, 4) is 5.75 Å². The summed E-state index contributed by atoms with van der Waals surface area (Å²) in [6, 6.07) is 9.44. The molecule has 108 valence electrons. The largest absolute Gasteiger partial charge is 0.496 e. The number of pyridine rings is 1. The Morgan fingerprint density at radius 1 is 1.24 bits per heavy atom. The molecular formula is C15H14N2O4. The lowest BCUT2D eigenvalue weighted by Gasteiger charge is -2.08. The zero-order valence-electron chi connectivity index (χ0n) is 11.6. The minimum absolute atomic E-state index is 0.130. The van der Waals surface area contributed by atoms with E-state index in [9.17, 15) is 9.59 Å². The average molecular weight is 286 g/mol. The number of ether oxygens (including phenoxy) is 1. The molecule has 1 aromatic carbocycles. The van der Waals surface area contributed by atoms with Crippen LogP contribution in [0.25, 0.3) is 0 Å². The Labute approximate surface area is 121 Å². The van der Waals surface area contributed by atoms with Gasteiger partial charge in [0.25, 0.3) is 5.91 Å². The number of rotatable bonds is 4. The smallest absolute Gasteiger partial charge is 0.354 e. The van der Waals surface area contributed by atoms with Crippen molar-refractivity contribution in [1.82, 2.24) is 4.98 Å². The minimum atomic E-state index is -1.15. The Bertz CT molecular complexity index is 698. The molecule has 2 aromatic rings. The van der Waals surface area contributed by atoms with Crippen LogP contribution in [0.1, 0.15) is 26.4 Å². The Morgan fingerprint density at radius 3 is 2.67 bits per heavy atom.